The van der Waals surface area contributed by atoms with Crippen LogP contribution in [0.4, 0.5) is 5.69 Å². The smallest absolute Gasteiger partial charge is 0.163 e. The van der Waals surface area contributed by atoms with E-state index in [4.69, 9.17) is 15.8 Å². The summed E-state index contributed by atoms with van der Waals surface area (Å²) in [4.78, 5) is 0. The van der Waals surface area contributed by atoms with Gasteiger partial charge in [0, 0.05) is 5.69 Å². The topological polar surface area (TPSA) is 83.4 Å². The predicted molar refractivity (Wildman–Crippen MR) is 77.4 cm³/mol. The summed E-state index contributed by atoms with van der Waals surface area (Å²) < 4.78 is 0. The molecule has 0 aliphatic rings. The fourth-order valence-electron chi connectivity index (χ4n) is 1.87. The minimum atomic E-state index is -0.212. The summed E-state index contributed by atoms with van der Waals surface area (Å²) in [6, 6.07) is 11.2. The van der Waals surface area contributed by atoms with Crippen LogP contribution < -0.4 is 5.32 Å². The van der Waals surface area contributed by atoms with Gasteiger partial charge in [0.15, 0.2) is 5.57 Å². The van der Waals surface area contributed by atoms with E-state index >= 15 is 0 Å². The molecular formula is C16H16N4. The summed E-state index contributed by atoms with van der Waals surface area (Å²) in [5.41, 5.74) is 2.42. The summed E-state index contributed by atoms with van der Waals surface area (Å²) in [5.74, 6) is 0. The highest BCUT2D eigenvalue weighted by molar-refractivity contribution is 5.66. The second-order valence-electron chi connectivity index (χ2n) is 5.46. The number of nitrogens with one attached hydrogen (secondary N) is 1. The van der Waals surface area contributed by atoms with Crippen LogP contribution in [0.3, 0.4) is 0 Å². The number of rotatable bonds is 2. The lowest BCUT2D eigenvalue weighted by Crippen LogP contribution is -2.16. The summed E-state index contributed by atoms with van der Waals surface area (Å²) in [6.45, 7) is 8.12. The molecule has 0 amide bonds. The van der Waals surface area contributed by atoms with Gasteiger partial charge in [-0.05, 0) is 23.5 Å². The maximum absolute atomic E-state index is 9.13. The van der Waals surface area contributed by atoms with Gasteiger partial charge in [-0.3, -0.25) is 0 Å². The average Bonchev–Trinajstić information content (AvgIpc) is 2.39. The molecule has 1 aromatic carbocycles. The Kier molecular flexibility index (Phi) is 4.52. The Hall–Kier alpha value is -2.77. The van der Waals surface area contributed by atoms with E-state index in [2.05, 4.69) is 26.1 Å². The van der Waals surface area contributed by atoms with Crippen molar-refractivity contribution in [2.24, 2.45) is 0 Å². The number of aryl methyl sites for hydroxylation is 1. The van der Waals surface area contributed by atoms with Crippen LogP contribution in [-0.4, -0.2) is 0 Å². The van der Waals surface area contributed by atoms with Gasteiger partial charge in [-0.1, -0.05) is 39.0 Å². The highest BCUT2D eigenvalue weighted by atomic mass is 14.9. The van der Waals surface area contributed by atoms with Crippen LogP contribution in [0.15, 0.2) is 29.5 Å². The molecule has 100 valence electrons. The highest BCUT2D eigenvalue weighted by Gasteiger charge is 2.20. The maximum atomic E-state index is 9.13. The van der Waals surface area contributed by atoms with Crippen molar-refractivity contribution < 1.29 is 0 Å². The van der Waals surface area contributed by atoms with Crippen molar-refractivity contribution in [1.82, 2.24) is 0 Å². The predicted octanol–water partition coefficient (Wildman–Crippen LogP) is 3.53. The van der Waals surface area contributed by atoms with Crippen LogP contribution in [0.25, 0.3) is 0 Å². The summed E-state index contributed by atoms with van der Waals surface area (Å²) in [5, 5.41) is 29.8. The van der Waals surface area contributed by atoms with Gasteiger partial charge >= 0.3 is 0 Å². The number of anilines is 1. The fraction of sp³-hybridized carbons (Fsp3) is 0.312. The molecule has 0 atom stereocenters. The molecule has 0 aliphatic carbocycles. The molecule has 0 fully saturated rings. The van der Waals surface area contributed by atoms with Crippen molar-refractivity contribution in [2.75, 3.05) is 5.32 Å². The van der Waals surface area contributed by atoms with Crippen LogP contribution in [0.5, 0.6) is 0 Å². The molecule has 1 rings (SSSR count). The second kappa shape index (κ2) is 5.91. The number of para-hydroxylation sites is 1. The number of nitriles is 3. The molecule has 0 bridgehead atoms. The molecule has 0 spiro atoms. The summed E-state index contributed by atoms with van der Waals surface area (Å²) >= 11 is 0. The van der Waals surface area contributed by atoms with Gasteiger partial charge in [-0.25, -0.2) is 0 Å². The van der Waals surface area contributed by atoms with Gasteiger partial charge in [-0.2, -0.15) is 15.8 Å². The SMILES string of the molecule is Cc1cccc(C(C)(C)C)c1NC(C#N)=C(C#N)C#N. The molecule has 1 aromatic rings. The zero-order valence-corrected chi connectivity index (χ0v) is 12.1. The summed E-state index contributed by atoms with van der Waals surface area (Å²) in [7, 11) is 0. The van der Waals surface area contributed by atoms with Crippen molar-refractivity contribution in [3.63, 3.8) is 0 Å². The Morgan fingerprint density at radius 1 is 1.05 bits per heavy atom. The standard InChI is InChI=1S/C16H16N4/c1-11-6-5-7-13(16(2,3)4)15(11)20-14(10-19)12(8-17)9-18/h5-7,20H,1-4H3. The molecule has 0 aliphatic heterocycles. The van der Waals surface area contributed by atoms with Gasteiger partial charge in [0.1, 0.15) is 23.9 Å². The van der Waals surface area contributed by atoms with Crippen molar-refractivity contribution in [3.05, 3.63) is 40.6 Å². The Labute approximate surface area is 119 Å². The van der Waals surface area contributed by atoms with E-state index in [0.717, 1.165) is 16.8 Å². The normalized spacial score (nSPS) is 9.85. The van der Waals surface area contributed by atoms with Crippen molar-refractivity contribution in [2.45, 2.75) is 33.1 Å². The third-order valence-electron chi connectivity index (χ3n) is 2.92. The lowest BCUT2D eigenvalue weighted by atomic mass is 9.84. The largest absolute Gasteiger partial charge is 0.345 e. The Morgan fingerprint density at radius 3 is 2.10 bits per heavy atom. The minimum Gasteiger partial charge on any atom is -0.345 e. The van der Waals surface area contributed by atoms with Gasteiger partial charge in [-0.15, -0.1) is 0 Å². The lowest BCUT2D eigenvalue weighted by Gasteiger charge is -2.24. The first-order valence-electron chi connectivity index (χ1n) is 6.16. The first-order valence-corrected chi connectivity index (χ1v) is 6.16. The lowest BCUT2D eigenvalue weighted by molar-refractivity contribution is 0.591. The maximum Gasteiger partial charge on any atom is 0.163 e. The van der Waals surface area contributed by atoms with E-state index in [0.29, 0.717) is 0 Å². The van der Waals surface area contributed by atoms with Crippen molar-refractivity contribution in [1.29, 1.82) is 15.8 Å². The molecule has 1 N–H and O–H groups in total. The third kappa shape index (κ3) is 3.16. The van der Waals surface area contributed by atoms with E-state index in [1.54, 1.807) is 12.1 Å². The molecule has 4 nitrogen and oxygen atoms in total. The number of benzene rings is 1. The number of allylic oxidation sites excluding steroid dienone is 2. The Balaban J connectivity index is 3.45. The van der Waals surface area contributed by atoms with Gasteiger partial charge < -0.3 is 5.32 Å². The van der Waals surface area contributed by atoms with E-state index in [9.17, 15) is 0 Å². The van der Waals surface area contributed by atoms with Crippen LogP contribution in [-0.2, 0) is 5.41 Å². The second-order valence-corrected chi connectivity index (χ2v) is 5.46. The van der Waals surface area contributed by atoms with Crippen LogP contribution >= 0.6 is 0 Å². The molecule has 0 radical (unpaired) electrons. The first-order chi connectivity index (χ1) is 9.35. The molecule has 0 unspecified atom stereocenters. The van der Waals surface area contributed by atoms with Crippen LogP contribution in [0.1, 0.15) is 31.9 Å². The average molecular weight is 264 g/mol. The molecule has 0 aromatic heterocycles. The van der Waals surface area contributed by atoms with Gasteiger partial charge in [0.25, 0.3) is 0 Å². The van der Waals surface area contributed by atoms with Gasteiger partial charge in [0.05, 0.1) is 0 Å². The Bertz CT molecular complexity index is 654. The number of hydrogen-bond donors (Lipinski definition) is 1. The fourth-order valence-corrected chi connectivity index (χ4v) is 1.87. The third-order valence-corrected chi connectivity index (χ3v) is 2.92. The summed E-state index contributed by atoms with van der Waals surface area (Å²) in [6.07, 6.45) is 0. The first kappa shape index (κ1) is 15.3. The van der Waals surface area contributed by atoms with E-state index in [-0.39, 0.29) is 16.7 Å². The minimum absolute atomic E-state index is 0.0187. The zero-order valence-electron chi connectivity index (χ0n) is 12.1. The van der Waals surface area contributed by atoms with Crippen molar-refractivity contribution >= 4 is 5.69 Å². The number of hydrogen-bond acceptors (Lipinski definition) is 4. The molecular weight excluding hydrogens is 248 g/mol. The zero-order chi connectivity index (χ0) is 15.3. The monoisotopic (exact) mass is 264 g/mol. The molecule has 0 saturated carbocycles. The van der Waals surface area contributed by atoms with Crippen LogP contribution in [0.2, 0.25) is 0 Å². The number of nitrogens with zero attached hydrogens (tertiary/aromatic N) is 3. The van der Waals surface area contributed by atoms with E-state index < -0.39 is 0 Å². The molecule has 4 heteroatoms. The van der Waals surface area contributed by atoms with E-state index in [1.165, 1.54) is 0 Å². The van der Waals surface area contributed by atoms with E-state index in [1.807, 2.05) is 31.2 Å². The quantitative estimate of drug-likeness (QED) is 0.828. The highest BCUT2D eigenvalue weighted by Crippen LogP contribution is 2.32. The Morgan fingerprint density at radius 2 is 1.65 bits per heavy atom. The van der Waals surface area contributed by atoms with Gasteiger partial charge in [0.2, 0.25) is 0 Å². The van der Waals surface area contributed by atoms with Crippen molar-refractivity contribution in [3.8, 4) is 18.2 Å². The van der Waals surface area contributed by atoms with Crippen LogP contribution in [0, 0.1) is 40.9 Å². The molecule has 0 heterocycles. The molecule has 20 heavy (non-hydrogen) atoms. The molecule has 0 saturated heterocycles.